The van der Waals surface area contributed by atoms with Crippen LogP contribution in [0.4, 0.5) is 0 Å². The van der Waals surface area contributed by atoms with Gasteiger partial charge in [0.2, 0.25) is 0 Å². The van der Waals surface area contributed by atoms with Crippen molar-refractivity contribution in [2.75, 3.05) is 6.61 Å². The maximum absolute atomic E-state index is 11.5. The van der Waals surface area contributed by atoms with E-state index in [1.54, 1.807) is 0 Å². The molecule has 1 aliphatic carbocycles. The lowest BCUT2D eigenvalue weighted by molar-refractivity contribution is -0.142. The van der Waals surface area contributed by atoms with E-state index in [1.165, 1.54) is 12.8 Å². The zero-order valence-electron chi connectivity index (χ0n) is 8.45. The first-order chi connectivity index (χ1) is 6.27. The van der Waals surface area contributed by atoms with Crippen LogP contribution in [0, 0.1) is 23.7 Å². The average Bonchev–Trinajstić information content (AvgIpc) is 2.67. The van der Waals surface area contributed by atoms with E-state index >= 15 is 0 Å². The molecule has 0 N–H and O–H groups in total. The standard InChI is InChI=1S/C11H18O2/c1-3-7-5-8(4-2)10-9(7)6-13-11(10)12/h7-10H,3-6H2,1-2H3. The van der Waals surface area contributed by atoms with Crippen LogP contribution < -0.4 is 0 Å². The molecule has 1 aliphatic heterocycles. The van der Waals surface area contributed by atoms with Gasteiger partial charge in [-0.3, -0.25) is 4.79 Å². The van der Waals surface area contributed by atoms with Crippen molar-refractivity contribution in [3.63, 3.8) is 0 Å². The Morgan fingerprint density at radius 1 is 1.31 bits per heavy atom. The number of fused-ring (bicyclic) bond motifs is 1. The highest BCUT2D eigenvalue weighted by Gasteiger charge is 2.50. The molecule has 1 saturated carbocycles. The maximum atomic E-state index is 11.5. The van der Waals surface area contributed by atoms with Gasteiger partial charge in [0.1, 0.15) is 0 Å². The van der Waals surface area contributed by atoms with Crippen molar-refractivity contribution < 1.29 is 9.53 Å². The normalized spacial score (nSPS) is 43.4. The molecule has 0 aromatic carbocycles. The quantitative estimate of drug-likeness (QED) is 0.612. The summed E-state index contributed by atoms with van der Waals surface area (Å²) in [6.45, 7) is 5.10. The van der Waals surface area contributed by atoms with Crippen molar-refractivity contribution in [2.24, 2.45) is 23.7 Å². The zero-order chi connectivity index (χ0) is 9.42. The van der Waals surface area contributed by atoms with Crippen molar-refractivity contribution in [1.82, 2.24) is 0 Å². The molecule has 1 heterocycles. The highest BCUT2D eigenvalue weighted by atomic mass is 16.5. The molecule has 74 valence electrons. The first kappa shape index (κ1) is 9.04. The van der Waals surface area contributed by atoms with Crippen molar-refractivity contribution in [1.29, 1.82) is 0 Å². The summed E-state index contributed by atoms with van der Waals surface area (Å²) in [4.78, 5) is 11.5. The van der Waals surface area contributed by atoms with Gasteiger partial charge in [0, 0.05) is 5.92 Å². The predicted molar refractivity (Wildman–Crippen MR) is 50.1 cm³/mol. The van der Waals surface area contributed by atoms with E-state index in [-0.39, 0.29) is 11.9 Å². The van der Waals surface area contributed by atoms with Gasteiger partial charge in [0.05, 0.1) is 12.5 Å². The molecule has 4 atom stereocenters. The first-order valence-corrected chi connectivity index (χ1v) is 5.44. The van der Waals surface area contributed by atoms with Crippen molar-refractivity contribution in [3.05, 3.63) is 0 Å². The highest BCUT2D eigenvalue weighted by molar-refractivity contribution is 5.75. The number of hydrogen-bond acceptors (Lipinski definition) is 2. The summed E-state index contributed by atoms with van der Waals surface area (Å²) >= 11 is 0. The molecule has 0 aromatic heterocycles. The van der Waals surface area contributed by atoms with Gasteiger partial charge in [-0.2, -0.15) is 0 Å². The second-order valence-corrected chi connectivity index (χ2v) is 4.39. The van der Waals surface area contributed by atoms with E-state index in [9.17, 15) is 4.79 Å². The van der Waals surface area contributed by atoms with E-state index in [0.717, 1.165) is 12.3 Å². The fourth-order valence-electron chi connectivity index (χ4n) is 3.12. The topological polar surface area (TPSA) is 26.3 Å². The Morgan fingerprint density at radius 3 is 2.62 bits per heavy atom. The van der Waals surface area contributed by atoms with Gasteiger partial charge in [-0.1, -0.05) is 26.7 Å². The van der Waals surface area contributed by atoms with Crippen LogP contribution in [0.1, 0.15) is 33.1 Å². The maximum Gasteiger partial charge on any atom is 0.309 e. The number of hydrogen-bond donors (Lipinski definition) is 0. The van der Waals surface area contributed by atoms with Gasteiger partial charge in [0.25, 0.3) is 0 Å². The molecule has 2 fully saturated rings. The molecule has 4 unspecified atom stereocenters. The summed E-state index contributed by atoms with van der Waals surface area (Å²) in [6, 6.07) is 0. The van der Waals surface area contributed by atoms with Crippen molar-refractivity contribution in [2.45, 2.75) is 33.1 Å². The van der Waals surface area contributed by atoms with Crippen molar-refractivity contribution in [3.8, 4) is 0 Å². The molecule has 0 amide bonds. The Balaban J connectivity index is 2.16. The van der Waals surface area contributed by atoms with Crippen LogP contribution in [-0.2, 0) is 9.53 Å². The summed E-state index contributed by atoms with van der Waals surface area (Å²) in [5.74, 6) is 2.21. The second-order valence-electron chi connectivity index (χ2n) is 4.39. The second kappa shape index (κ2) is 3.32. The van der Waals surface area contributed by atoms with E-state index < -0.39 is 0 Å². The van der Waals surface area contributed by atoms with Gasteiger partial charge >= 0.3 is 5.97 Å². The smallest absolute Gasteiger partial charge is 0.309 e. The minimum atomic E-state index is 0.0767. The Morgan fingerprint density at radius 2 is 2.00 bits per heavy atom. The lowest BCUT2D eigenvalue weighted by atomic mass is 9.88. The summed E-state index contributed by atoms with van der Waals surface area (Å²) in [7, 11) is 0. The number of carbonyl (C=O) groups excluding carboxylic acids is 1. The predicted octanol–water partition coefficient (Wildman–Crippen LogP) is 2.23. The molecule has 0 bridgehead atoms. The van der Waals surface area contributed by atoms with Gasteiger partial charge in [-0.25, -0.2) is 0 Å². The number of ether oxygens (including phenoxy) is 1. The highest BCUT2D eigenvalue weighted by Crippen LogP contribution is 2.48. The zero-order valence-corrected chi connectivity index (χ0v) is 8.45. The molecule has 13 heavy (non-hydrogen) atoms. The van der Waals surface area contributed by atoms with Crippen LogP contribution in [0.2, 0.25) is 0 Å². The lowest BCUT2D eigenvalue weighted by Crippen LogP contribution is -2.18. The number of esters is 1. The molecule has 2 nitrogen and oxygen atoms in total. The third-order valence-corrected chi connectivity index (χ3v) is 3.92. The molecule has 2 aliphatic rings. The first-order valence-electron chi connectivity index (χ1n) is 5.44. The van der Waals surface area contributed by atoms with Gasteiger partial charge in [0.15, 0.2) is 0 Å². The minimum absolute atomic E-state index is 0.0767. The summed E-state index contributed by atoms with van der Waals surface area (Å²) in [5, 5.41) is 0. The van der Waals surface area contributed by atoms with Crippen molar-refractivity contribution >= 4 is 5.97 Å². The van der Waals surface area contributed by atoms with Crippen LogP contribution in [0.25, 0.3) is 0 Å². The van der Waals surface area contributed by atoms with Gasteiger partial charge in [-0.15, -0.1) is 0 Å². The van der Waals surface area contributed by atoms with Crippen LogP contribution >= 0.6 is 0 Å². The Bertz CT molecular complexity index is 212. The van der Waals surface area contributed by atoms with E-state index in [2.05, 4.69) is 13.8 Å². The number of rotatable bonds is 2. The fourth-order valence-corrected chi connectivity index (χ4v) is 3.12. The third-order valence-electron chi connectivity index (χ3n) is 3.92. The average molecular weight is 182 g/mol. The van der Waals surface area contributed by atoms with E-state index in [4.69, 9.17) is 4.74 Å². The van der Waals surface area contributed by atoms with Gasteiger partial charge in [-0.05, 0) is 18.3 Å². The molecule has 0 aromatic rings. The molecule has 2 heteroatoms. The Hall–Kier alpha value is -0.530. The van der Waals surface area contributed by atoms with Gasteiger partial charge < -0.3 is 4.74 Å². The number of cyclic esters (lactones) is 1. The van der Waals surface area contributed by atoms with Crippen LogP contribution in [0.3, 0.4) is 0 Å². The number of carbonyl (C=O) groups is 1. The SMILES string of the molecule is CCC1CC(CC)C2C(=O)OCC12. The Kier molecular flexibility index (Phi) is 2.31. The van der Waals surface area contributed by atoms with E-state index in [0.29, 0.717) is 18.4 Å². The molecule has 1 saturated heterocycles. The molecular formula is C11H18O2. The fraction of sp³-hybridized carbons (Fsp3) is 0.909. The third kappa shape index (κ3) is 1.27. The molecule has 2 rings (SSSR count). The van der Waals surface area contributed by atoms with Crippen LogP contribution in [-0.4, -0.2) is 12.6 Å². The largest absolute Gasteiger partial charge is 0.465 e. The monoisotopic (exact) mass is 182 g/mol. The summed E-state index contributed by atoms with van der Waals surface area (Å²) < 4.78 is 5.15. The summed E-state index contributed by atoms with van der Waals surface area (Å²) in [6.07, 6.45) is 3.58. The van der Waals surface area contributed by atoms with Crippen LogP contribution in [0.5, 0.6) is 0 Å². The van der Waals surface area contributed by atoms with Crippen LogP contribution in [0.15, 0.2) is 0 Å². The summed E-state index contributed by atoms with van der Waals surface area (Å²) in [5.41, 5.74) is 0. The Labute approximate surface area is 79.7 Å². The lowest BCUT2D eigenvalue weighted by Gasteiger charge is -2.12. The molecular weight excluding hydrogens is 164 g/mol. The van der Waals surface area contributed by atoms with E-state index in [1.807, 2.05) is 0 Å². The molecule has 0 radical (unpaired) electrons. The molecule has 0 spiro atoms. The minimum Gasteiger partial charge on any atom is -0.465 e.